The molecule has 0 aromatic heterocycles. The van der Waals surface area contributed by atoms with Crippen LogP contribution < -0.4 is 5.32 Å². The number of carbonyl (C=O) groups is 2. The number of carbonyl (C=O) groups excluding carboxylic acids is 2. The van der Waals surface area contributed by atoms with Crippen molar-refractivity contribution in [3.8, 4) is 0 Å². The molecular weight excluding hydrogens is 408 g/mol. The van der Waals surface area contributed by atoms with Crippen LogP contribution in [0.5, 0.6) is 0 Å². The Labute approximate surface area is 187 Å². The van der Waals surface area contributed by atoms with E-state index in [2.05, 4.69) is 17.4 Å². The summed E-state index contributed by atoms with van der Waals surface area (Å²) in [4.78, 5) is 27.4. The second-order valence-corrected chi connectivity index (χ2v) is 8.32. The lowest BCUT2D eigenvalue weighted by Crippen LogP contribution is -2.39. The van der Waals surface area contributed by atoms with E-state index in [1.54, 1.807) is 36.4 Å². The van der Waals surface area contributed by atoms with Gasteiger partial charge < -0.3 is 10.2 Å². The Morgan fingerprint density at radius 1 is 0.903 bits per heavy atom. The van der Waals surface area contributed by atoms with Gasteiger partial charge in [-0.25, -0.2) is 0 Å². The molecule has 0 spiro atoms. The average Bonchev–Trinajstić information content (AvgIpc) is 2.84. The van der Waals surface area contributed by atoms with Gasteiger partial charge in [0.05, 0.1) is 0 Å². The van der Waals surface area contributed by atoms with Crippen molar-refractivity contribution >= 4 is 23.4 Å². The van der Waals surface area contributed by atoms with Crippen LogP contribution in [0.15, 0.2) is 78.9 Å². The van der Waals surface area contributed by atoms with Gasteiger partial charge in [-0.15, -0.1) is 0 Å². The standard InChI is InChI=1S/C26H25ClN2O2/c27-24-14-8-19(9-15-24)17-28-25(30)21-10-12-22(13-11-21)26(31)29-16-4-7-23(18-29)20-5-2-1-3-6-20/h1-3,5-6,8-15,23H,4,7,16-18H2,(H,28,30). The van der Waals surface area contributed by atoms with Gasteiger partial charge in [0.15, 0.2) is 0 Å². The summed E-state index contributed by atoms with van der Waals surface area (Å²) in [7, 11) is 0. The highest BCUT2D eigenvalue weighted by Crippen LogP contribution is 2.27. The van der Waals surface area contributed by atoms with Crippen LogP contribution >= 0.6 is 11.6 Å². The summed E-state index contributed by atoms with van der Waals surface area (Å²) >= 11 is 5.89. The predicted molar refractivity (Wildman–Crippen MR) is 123 cm³/mol. The molecule has 2 amide bonds. The van der Waals surface area contributed by atoms with Gasteiger partial charge in [0.1, 0.15) is 0 Å². The van der Waals surface area contributed by atoms with Gasteiger partial charge in [0.2, 0.25) is 0 Å². The zero-order chi connectivity index (χ0) is 21.6. The number of halogens is 1. The number of amides is 2. The lowest BCUT2D eigenvalue weighted by atomic mass is 9.90. The molecule has 31 heavy (non-hydrogen) atoms. The molecule has 1 aliphatic heterocycles. The van der Waals surface area contributed by atoms with Gasteiger partial charge in [-0.3, -0.25) is 9.59 Å². The molecule has 0 saturated carbocycles. The number of hydrogen-bond donors (Lipinski definition) is 1. The quantitative estimate of drug-likeness (QED) is 0.595. The average molecular weight is 433 g/mol. The summed E-state index contributed by atoms with van der Waals surface area (Å²) in [6.07, 6.45) is 2.09. The number of likely N-dealkylation sites (tertiary alicyclic amines) is 1. The van der Waals surface area contributed by atoms with Crippen LogP contribution in [0.25, 0.3) is 0 Å². The highest BCUT2D eigenvalue weighted by Gasteiger charge is 2.25. The molecule has 0 bridgehead atoms. The van der Waals surface area contributed by atoms with Gasteiger partial charge in [-0.2, -0.15) is 0 Å². The van der Waals surface area contributed by atoms with Crippen LogP contribution in [0.4, 0.5) is 0 Å². The number of rotatable bonds is 5. The molecule has 0 aliphatic carbocycles. The van der Waals surface area contributed by atoms with Crippen molar-refractivity contribution in [1.29, 1.82) is 0 Å². The Hall–Kier alpha value is -3.11. The Morgan fingerprint density at radius 3 is 2.29 bits per heavy atom. The molecule has 1 saturated heterocycles. The molecular formula is C26H25ClN2O2. The molecule has 1 heterocycles. The van der Waals surface area contributed by atoms with Crippen LogP contribution in [0.2, 0.25) is 5.02 Å². The number of piperidine rings is 1. The van der Waals surface area contributed by atoms with Gasteiger partial charge in [-0.1, -0.05) is 54.1 Å². The zero-order valence-corrected chi connectivity index (χ0v) is 18.0. The van der Waals surface area contributed by atoms with E-state index >= 15 is 0 Å². The molecule has 1 atom stereocenters. The summed E-state index contributed by atoms with van der Waals surface area (Å²) in [5.74, 6) is 0.224. The van der Waals surface area contributed by atoms with E-state index in [0.29, 0.717) is 28.6 Å². The van der Waals surface area contributed by atoms with Gasteiger partial charge in [0.25, 0.3) is 11.8 Å². The van der Waals surface area contributed by atoms with Crippen molar-refractivity contribution in [1.82, 2.24) is 10.2 Å². The maximum absolute atomic E-state index is 13.0. The zero-order valence-electron chi connectivity index (χ0n) is 17.3. The van der Waals surface area contributed by atoms with Crippen LogP contribution in [0, 0.1) is 0 Å². The molecule has 1 fully saturated rings. The van der Waals surface area contributed by atoms with Crippen molar-refractivity contribution in [3.63, 3.8) is 0 Å². The Morgan fingerprint density at radius 2 is 1.58 bits per heavy atom. The number of benzene rings is 3. The van der Waals surface area contributed by atoms with Crippen LogP contribution in [0.3, 0.4) is 0 Å². The Balaban J connectivity index is 1.36. The molecule has 158 valence electrons. The SMILES string of the molecule is O=C(NCc1ccc(Cl)cc1)c1ccc(C(=O)N2CCCC(c3ccccc3)C2)cc1. The van der Waals surface area contributed by atoms with E-state index in [4.69, 9.17) is 11.6 Å². The number of nitrogens with one attached hydrogen (secondary N) is 1. The highest BCUT2D eigenvalue weighted by atomic mass is 35.5. The monoisotopic (exact) mass is 432 g/mol. The molecule has 3 aromatic carbocycles. The fourth-order valence-corrected chi connectivity index (χ4v) is 4.12. The van der Waals surface area contributed by atoms with Crippen molar-refractivity contribution in [2.75, 3.05) is 13.1 Å². The normalized spacial score (nSPS) is 16.0. The fraction of sp³-hybridized carbons (Fsp3) is 0.231. The summed E-state index contributed by atoms with van der Waals surface area (Å²) < 4.78 is 0. The van der Waals surface area contributed by atoms with E-state index < -0.39 is 0 Å². The third-order valence-corrected chi connectivity index (χ3v) is 5.99. The Bertz CT molecular complexity index is 1030. The first-order valence-corrected chi connectivity index (χ1v) is 10.9. The molecule has 4 rings (SSSR count). The molecule has 3 aromatic rings. The van der Waals surface area contributed by atoms with Crippen LogP contribution in [-0.2, 0) is 6.54 Å². The van der Waals surface area contributed by atoms with Crippen molar-refractivity contribution in [2.24, 2.45) is 0 Å². The van der Waals surface area contributed by atoms with Crippen molar-refractivity contribution < 1.29 is 9.59 Å². The van der Waals surface area contributed by atoms with E-state index in [9.17, 15) is 9.59 Å². The third kappa shape index (κ3) is 5.33. The molecule has 1 aliphatic rings. The first-order chi connectivity index (χ1) is 15.1. The molecule has 1 unspecified atom stereocenters. The molecule has 1 N–H and O–H groups in total. The van der Waals surface area contributed by atoms with E-state index in [0.717, 1.165) is 31.5 Å². The van der Waals surface area contributed by atoms with Gasteiger partial charge in [0, 0.05) is 41.7 Å². The fourth-order valence-electron chi connectivity index (χ4n) is 3.99. The van der Waals surface area contributed by atoms with Crippen molar-refractivity contribution in [2.45, 2.75) is 25.3 Å². The summed E-state index contributed by atoms with van der Waals surface area (Å²) in [6.45, 7) is 1.92. The minimum atomic E-state index is -0.170. The van der Waals surface area contributed by atoms with Gasteiger partial charge in [-0.05, 0) is 60.4 Å². The lowest BCUT2D eigenvalue weighted by Gasteiger charge is -2.33. The van der Waals surface area contributed by atoms with Gasteiger partial charge >= 0.3 is 0 Å². The van der Waals surface area contributed by atoms with Crippen molar-refractivity contribution in [3.05, 3.63) is 106 Å². The molecule has 5 heteroatoms. The number of hydrogen-bond acceptors (Lipinski definition) is 2. The second-order valence-electron chi connectivity index (χ2n) is 7.89. The maximum Gasteiger partial charge on any atom is 0.253 e. The third-order valence-electron chi connectivity index (χ3n) is 5.74. The number of nitrogens with zero attached hydrogens (tertiary/aromatic N) is 1. The summed E-state index contributed by atoms with van der Waals surface area (Å²) in [5.41, 5.74) is 3.41. The Kier molecular flexibility index (Phi) is 6.68. The molecule has 0 radical (unpaired) electrons. The second kappa shape index (κ2) is 9.80. The summed E-state index contributed by atoms with van der Waals surface area (Å²) in [6, 6.07) is 24.6. The summed E-state index contributed by atoms with van der Waals surface area (Å²) in [5, 5.41) is 3.56. The first-order valence-electron chi connectivity index (χ1n) is 10.6. The smallest absolute Gasteiger partial charge is 0.253 e. The highest BCUT2D eigenvalue weighted by molar-refractivity contribution is 6.30. The van der Waals surface area contributed by atoms with E-state index in [1.807, 2.05) is 35.2 Å². The topological polar surface area (TPSA) is 49.4 Å². The largest absolute Gasteiger partial charge is 0.348 e. The van der Waals surface area contributed by atoms with E-state index in [-0.39, 0.29) is 11.8 Å². The first kappa shape index (κ1) is 21.1. The lowest BCUT2D eigenvalue weighted by molar-refractivity contribution is 0.0706. The van der Waals surface area contributed by atoms with Crippen LogP contribution in [0.1, 0.15) is 50.6 Å². The minimum Gasteiger partial charge on any atom is -0.348 e. The predicted octanol–water partition coefficient (Wildman–Crippen LogP) is 5.29. The van der Waals surface area contributed by atoms with E-state index in [1.165, 1.54) is 5.56 Å². The minimum absolute atomic E-state index is 0.0220. The maximum atomic E-state index is 13.0. The van der Waals surface area contributed by atoms with Crippen LogP contribution in [-0.4, -0.2) is 29.8 Å². The molecule has 4 nitrogen and oxygen atoms in total.